The average Bonchev–Trinajstić information content (AvgIpc) is 2.53. The van der Waals surface area contributed by atoms with Gasteiger partial charge in [-0.15, -0.1) is 6.58 Å². The maximum atomic E-state index is 12.5. The van der Waals surface area contributed by atoms with Crippen molar-refractivity contribution in [2.75, 3.05) is 17.2 Å². The van der Waals surface area contributed by atoms with Crippen molar-refractivity contribution in [2.45, 2.75) is 6.18 Å². The van der Waals surface area contributed by atoms with Crippen molar-refractivity contribution >= 4 is 17.3 Å². The Morgan fingerprint density at radius 2 is 1.57 bits per heavy atom. The number of carbonyl (C=O) groups is 1. The molecule has 0 saturated carbocycles. The van der Waals surface area contributed by atoms with E-state index in [2.05, 4.69) is 17.2 Å². The average molecular weight is 320 g/mol. The number of amides is 1. The van der Waals surface area contributed by atoms with Gasteiger partial charge in [-0.25, -0.2) is 0 Å². The summed E-state index contributed by atoms with van der Waals surface area (Å²) in [6.07, 6.45) is -2.69. The zero-order chi connectivity index (χ0) is 16.9. The minimum absolute atomic E-state index is 0.159. The molecular formula is C17H15F3N2O. The van der Waals surface area contributed by atoms with E-state index in [1.807, 2.05) is 0 Å². The number of hydrogen-bond acceptors (Lipinski definition) is 2. The van der Waals surface area contributed by atoms with Crippen molar-refractivity contribution in [3.8, 4) is 0 Å². The lowest BCUT2D eigenvalue weighted by atomic mass is 10.1. The largest absolute Gasteiger partial charge is 0.416 e. The van der Waals surface area contributed by atoms with E-state index in [0.29, 0.717) is 12.2 Å². The smallest absolute Gasteiger partial charge is 0.382 e. The van der Waals surface area contributed by atoms with Gasteiger partial charge in [-0.1, -0.05) is 6.08 Å². The van der Waals surface area contributed by atoms with Gasteiger partial charge in [0.2, 0.25) is 0 Å². The highest BCUT2D eigenvalue weighted by molar-refractivity contribution is 6.04. The van der Waals surface area contributed by atoms with Crippen LogP contribution in [0.2, 0.25) is 0 Å². The number of nitrogens with one attached hydrogen (secondary N) is 2. The molecule has 2 aromatic carbocycles. The Bertz CT molecular complexity index is 676. The van der Waals surface area contributed by atoms with Gasteiger partial charge < -0.3 is 10.6 Å². The van der Waals surface area contributed by atoms with Crippen molar-refractivity contribution in [3.63, 3.8) is 0 Å². The number of anilines is 2. The van der Waals surface area contributed by atoms with Crippen LogP contribution in [-0.4, -0.2) is 12.5 Å². The van der Waals surface area contributed by atoms with Crippen LogP contribution < -0.4 is 10.6 Å². The molecule has 0 atom stereocenters. The Hall–Kier alpha value is -2.76. The molecule has 0 bridgehead atoms. The normalized spacial score (nSPS) is 10.9. The molecule has 0 unspecified atom stereocenters. The number of alkyl halides is 3. The first-order chi connectivity index (χ1) is 10.9. The maximum absolute atomic E-state index is 12.5. The van der Waals surface area contributed by atoms with Gasteiger partial charge >= 0.3 is 6.18 Å². The van der Waals surface area contributed by atoms with E-state index in [4.69, 9.17) is 0 Å². The van der Waals surface area contributed by atoms with Gasteiger partial charge in [0.25, 0.3) is 5.91 Å². The van der Waals surface area contributed by atoms with Crippen LogP contribution in [0.3, 0.4) is 0 Å². The first-order valence-corrected chi connectivity index (χ1v) is 6.83. The summed E-state index contributed by atoms with van der Waals surface area (Å²) >= 11 is 0. The summed E-state index contributed by atoms with van der Waals surface area (Å²) in [5.41, 5.74) is 0.801. The molecule has 0 spiro atoms. The van der Waals surface area contributed by atoms with Crippen LogP contribution in [-0.2, 0) is 6.18 Å². The lowest BCUT2D eigenvalue weighted by molar-refractivity contribution is -0.137. The Morgan fingerprint density at radius 1 is 1.00 bits per heavy atom. The fourth-order valence-corrected chi connectivity index (χ4v) is 1.88. The molecule has 0 radical (unpaired) electrons. The van der Waals surface area contributed by atoms with Crippen molar-refractivity contribution in [1.82, 2.24) is 0 Å². The van der Waals surface area contributed by atoms with Crippen molar-refractivity contribution in [3.05, 3.63) is 72.3 Å². The summed E-state index contributed by atoms with van der Waals surface area (Å²) in [5.74, 6) is -0.467. The monoisotopic (exact) mass is 320 g/mol. The molecule has 0 aliphatic rings. The molecule has 2 N–H and O–H groups in total. The van der Waals surface area contributed by atoms with E-state index in [1.165, 1.54) is 0 Å². The molecule has 0 heterocycles. The molecule has 23 heavy (non-hydrogen) atoms. The number of carbonyl (C=O) groups excluding carboxylic acids is 1. The van der Waals surface area contributed by atoms with Gasteiger partial charge in [0, 0.05) is 23.5 Å². The lowest BCUT2D eigenvalue weighted by Crippen LogP contribution is -2.12. The second kappa shape index (κ2) is 7.00. The fraction of sp³-hybridized carbons (Fsp3) is 0.118. The van der Waals surface area contributed by atoms with Gasteiger partial charge in [0.1, 0.15) is 0 Å². The molecule has 0 aromatic heterocycles. The van der Waals surface area contributed by atoms with Crippen LogP contribution >= 0.6 is 0 Å². The maximum Gasteiger partial charge on any atom is 0.416 e. The minimum Gasteiger partial charge on any atom is -0.382 e. The van der Waals surface area contributed by atoms with E-state index in [0.717, 1.165) is 30.0 Å². The first kappa shape index (κ1) is 16.6. The van der Waals surface area contributed by atoms with Crippen molar-refractivity contribution in [1.29, 1.82) is 0 Å². The number of hydrogen-bond donors (Lipinski definition) is 2. The van der Waals surface area contributed by atoms with Crippen molar-refractivity contribution in [2.24, 2.45) is 0 Å². The molecule has 2 aromatic rings. The zero-order valence-electron chi connectivity index (χ0n) is 12.2. The van der Waals surface area contributed by atoms with Crippen LogP contribution in [0.1, 0.15) is 15.9 Å². The molecule has 6 heteroatoms. The molecule has 0 fully saturated rings. The van der Waals surface area contributed by atoms with Crippen LogP contribution in [0.4, 0.5) is 24.5 Å². The summed E-state index contributed by atoms with van der Waals surface area (Å²) in [5, 5.41) is 5.72. The molecule has 0 saturated heterocycles. The van der Waals surface area contributed by atoms with E-state index in [1.54, 1.807) is 30.3 Å². The summed E-state index contributed by atoms with van der Waals surface area (Å²) in [6, 6.07) is 11.0. The molecule has 0 aliphatic carbocycles. The van der Waals surface area contributed by atoms with Crippen LogP contribution in [0.25, 0.3) is 0 Å². The third-order valence-electron chi connectivity index (χ3n) is 3.07. The lowest BCUT2D eigenvalue weighted by Gasteiger charge is -2.09. The number of halogens is 3. The first-order valence-electron chi connectivity index (χ1n) is 6.83. The third kappa shape index (κ3) is 4.60. The van der Waals surface area contributed by atoms with Gasteiger partial charge in [0.05, 0.1) is 5.56 Å². The molecule has 0 aliphatic heterocycles. The van der Waals surface area contributed by atoms with Gasteiger partial charge in [-0.05, 0) is 48.5 Å². The Kier molecular flexibility index (Phi) is 5.05. The third-order valence-corrected chi connectivity index (χ3v) is 3.07. The van der Waals surface area contributed by atoms with Crippen molar-refractivity contribution < 1.29 is 18.0 Å². The summed E-state index contributed by atoms with van der Waals surface area (Å²) in [4.78, 5) is 12.0. The van der Waals surface area contributed by atoms with E-state index < -0.39 is 17.6 Å². The standard InChI is InChI=1S/C17H15F3N2O/c1-2-11-21-14-7-9-15(10-8-14)22-16(23)12-3-5-13(6-4-12)17(18,19)20/h2-10,21H,1,11H2,(H,22,23). The Morgan fingerprint density at radius 3 is 2.09 bits per heavy atom. The number of benzene rings is 2. The van der Waals surface area contributed by atoms with E-state index >= 15 is 0 Å². The summed E-state index contributed by atoms with van der Waals surface area (Å²) in [7, 11) is 0. The highest BCUT2D eigenvalue weighted by atomic mass is 19.4. The number of rotatable bonds is 5. The topological polar surface area (TPSA) is 41.1 Å². The SMILES string of the molecule is C=CCNc1ccc(NC(=O)c2ccc(C(F)(F)F)cc2)cc1. The Labute approximate surface area is 131 Å². The fourth-order valence-electron chi connectivity index (χ4n) is 1.88. The highest BCUT2D eigenvalue weighted by Crippen LogP contribution is 2.29. The second-order valence-electron chi connectivity index (χ2n) is 4.78. The van der Waals surface area contributed by atoms with Gasteiger partial charge in [0.15, 0.2) is 0 Å². The van der Waals surface area contributed by atoms with Crippen LogP contribution in [0.5, 0.6) is 0 Å². The van der Waals surface area contributed by atoms with E-state index in [-0.39, 0.29) is 5.56 Å². The molecule has 1 amide bonds. The van der Waals surface area contributed by atoms with Gasteiger partial charge in [-0.2, -0.15) is 13.2 Å². The molecule has 120 valence electrons. The van der Waals surface area contributed by atoms with Crippen LogP contribution in [0, 0.1) is 0 Å². The molecule has 3 nitrogen and oxygen atoms in total. The van der Waals surface area contributed by atoms with E-state index in [9.17, 15) is 18.0 Å². The predicted octanol–water partition coefficient (Wildman–Crippen LogP) is 4.56. The summed E-state index contributed by atoms with van der Waals surface area (Å²) < 4.78 is 37.4. The zero-order valence-corrected chi connectivity index (χ0v) is 12.2. The Balaban J connectivity index is 2.02. The second-order valence-corrected chi connectivity index (χ2v) is 4.78. The van der Waals surface area contributed by atoms with Gasteiger partial charge in [-0.3, -0.25) is 4.79 Å². The van der Waals surface area contributed by atoms with Crippen LogP contribution in [0.15, 0.2) is 61.2 Å². The summed E-state index contributed by atoms with van der Waals surface area (Å²) in [6.45, 7) is 4.22. The predicted molar refractivity (Wildman–Crippen MR) is 84.5 cm³/mol. The minimum atomic E-state index is -4.41. The molecule has 2 rings (SSSR count). The quantitative estimate of drug-likeness (QED) is 0.793. The highest BCUT2D eigenvalue weighted by Gasteiger charge is 2.30. The molecular weight excluding hydrogens is 305 g/mol.